The van der Waals surface area contributed by atoms with E-state index in [2.05, 4.69) is 26.5 Å². The largest absolute Gasteiger partial charge is 0.457 e. The molecule has 0 fully saturated rings. The lowest BCUT2D eigenvalue weighted by atomic mass is 10.4. The van der Waals surface area contributed by atoms with Gasteiger partial charge in [0, 0.05) is 0 Å². The number of rotatable bonds is 5. The molecule has 2 aromatic heterocycles. The Morgan fingerprint density at radius 2 is 2.10 bits per heavy atom. The molecule has 0 aliphatic carbocycles. The van der Waals surface area contributed by atoms with Crippen molar-refractivity contribution in [3.05, 3.63) is 33.8 Å². The fourth-order valence-corrected chi connectivity index (χ4v) is 2.84. The summed E-state index contributed by atoms with van der Waals surface area (Å²) in [5, 5.41) is 6.73. The summed E-state index contributed by atoms with van der Waals surface area (Å²) in [6, 6.07) is 0. The molecular formula is C12H12N4O3S2. The lowest BCUT2D eigenvalue weighted by Gasteiger charge is -1.99. The fraction of sp³-hybridized carbons (Fsp3) is 0.250. The van der Waals surface area contributed by atoms with E-state index in [9.17, 15) is 9.59 Å². The van der Waals surface area contributed by atoms with Crippen LogP contribution in [0.1, 0.15) is 30.7 Å². The van der Waals surface area contributed by atoms with Gasteiger partial charge in [-0.3, -0.25) is 10.1 Å². The highest BCUT2D eigenvalue weighted by Crippen LogP contribution is 2.24. The number of nitrogens with one attached hydrogen (secondary N) is 1. The molecule has 7 nitrogen and oxygen atoms in total. The summed E-state index contributed by atoms with van der Waals surface area (Å²) in [5.74, 6) is -0.830. The summed E-state index contributed by atoms with van der Waals surface area (Å²) in [6.45, 7) is 6.98. The van der Waals surface area contributed by atoms with Crippen LogP contribution in [0.2, 0.25) is 0 Å². The maximum atomic E-state index is 12.0. The second-order valence-electron chi connectivity index (χ2n) is 3.96. The Bertz CT molecular complexity index is 692. The highest BCUT2D eigenvalue weighted by molar-refractivity contribution is 7.17. The third kappa shape index (κ3) is 3.50. The van der Waals surface area contributed by atoms with Gasteiger partial charge in [-0.15, -0.1) is 5.10 Å². The van der Waals surface area contributed by atoms with E-state index >= 15 is 0 Å². The van der Waals surface area contributed by atoms with Crippen molar-refractivity contribution in [1.82, 2.24) is 14.6 Å². The first-order valence-corrected chi connectivity index (χ1v) is 7.47. The molecule has 0 aliphatic rings. The number of carbonyl (C=O) groups is 2. The number of ether oxygens (including phenoxy) is 1. The molecule has 0 bridgehead atoms. The highest BCUT2D eigenvalue weighted by atomic mass is 32.1. The first-order chi connectivity index (χ1) is 10.0. The van der Waals surface area contributed by atoms with Crippen LogP contribution in [-0.2, 0) is 4.74 Å². The van der Waals surface area contributed by atoms with Crippen LogP contribution >= 0.6 is 22.9 Å². The van der Waals surface area contributed by atoms with Gasteiger partial charge in [-0.2, -0.15) is 0 Å². The summed E-state index contributed by atoms with van der Waals surface area (Å²) in [5.41, 5.74) is 1.06. The molecule has 2 aromatic rings. The van der Waals surface area contributed by atoms with Crippen LogP contribution in [0.3, 0.4) is 0 Å². The summed E-state index contributed by atoms with van der Waals surface area (Å²) < 4.78 is 8.65. The Hall–Kier alpha value is -2.13. The van der Waals surface area contributed by atoms with Crippen LogP contribution in [0.5, 0.6) is 0 Å². The second kappa shape index (κ2) is 6.55. The second-order valence-corrected chi connectivity index (χ2v) is 5.72. The van der Waals surface area contributed by atoms with E-state index < -0.39 is 5.97 Å². The Morgan fingerprint density at radius 3 is 2.71 bits per heavy atom. The van der Waals surface area contributed by atoms with Gasteiger partial charge in [0.15, 0.2) is 5.13 Å². The molecule has 0 radical (unpaired) electrons. The molecular weight excluding hydrogens is 312 g/mol. The normalized spacial score (nSPS) is 10.2. The third-order valence-corrected chi connectivity index (χ3v) is 4.27. The van der Waals surface area contributed by atoms with E-state index in [-0.39, 0.29) is 12.5 Å². The Labute approximate surface area is 128 Å². The molecule has 0 aromatic carbocycles. The van der Waals surface area contributed by atoms with Crippen LogP contribution < -0.4 is 5.32 Å². The first-order valence-electron chi connectivity index (χ1n) is 5.88. The predicted octanol–water partition coefficient (Wildman–Crippen LogP) is 2.21. The maximum absolute atomic E-state index is 12.0. The smallest absolute Gasteiger partial charge is 0.350 e. The number of aryl methyl sites for hydroxylation is 2. The molecule has 21 heavy (non-hydrogen) atoms. The van der Waals surface area contributed by atoms with Gasteiger partial charge in [-0.25, -0.2) is 9.78 Å². The molecule has 1 amide bonds. The summed E-state index contributed by atoms with van der Waals surface area (Å²) in [4.78, 5) is 28.7. The number of esters is 1. The predicted molar refractivity (Wildman–Crippen MR) is 79.9 cm³/mol. The minimum absolute atomic E-state index is 0.129. The topological polar surface area (TPSA) is 94.1 Å². The van der Waals surface area contributed by atoms with Gasteiger partial charge in [-0.1, -0.05) is 28.5 Å². The van der Waals surface area contributed by atoms with Gasteiger partial charge in [0.05, 0.1) is 11.4 Å². The van der Waals surface area contributed by atoms with E-state index in [1.54, 1.807) is 13.8 Å². The van der Waals surface area contributed by atoms with Crippen molar-refractivity contribution in [3.8, 4) is 0 Å². The molecule has 110 valence electrons. The number of hydrogen-bond donors (Lipinski definition) is 1. The summed E-state index contributed by atoms with van der Waals surface area (Å²) in [7, 11) is 0. The number of anilines is 1. The van der Waals surface area contributed by atoms with Crippen molar-refractivity contribution in [1.29, 1.82) is 0 Å². The van der Waals surface area contributed by atoms with Gasteiger partial charge < -0.3 is 4.74 Å². The number of hydrogen-bond acceptors (Lipinski definition) is 8. The molecule has 0 saturated heterocycles. The molecule has 0 aliphatic heterocycles. The lowest BCUT2D eigenvalue weighted by molar-refractivity contribution is 0.0554. The van der Waals surface area contributed by atoms with Crippen molar-refractivity contribution in [2.75, 3.05) is 11.9 Å². The number of aromatic nitrogens is 3. The third-order valence-electron chi connectivity index (χ3n) is 2.39. The van der Waals surface area contributed by atoms with Crippen LogP contribution in [0.15, 0.2) is 12.7 Å². The quantitative estimate of drug-likeness (QED) is 0.669. The molecule has 0 unspecified atom stereocenters. The average molecular weight is 324 g/mol. The van der Waals surface area contributed by atoms with Crippen LogP contribution in [0.25, 0.3) is 0 Å². The minimum Gasteiger partial charge on any atom is -0.457 e. The Morgan fingerprint density at radius 1 is 1.33 bits per heavy atom. The average Bonchev–Trinajstić information content (AvgIpc) is 3.02. The lowest BCUT2D eigenvalue weighted by Crippen LogP contribution is -2.11. The maximum Gasteiger partial charge on any atom is 0.350 e. The van der Waals surface area contributed by atoms with Crippen LogP contribution in [0, 0.1) is 13.8 Å². The number of thiazole rings is 1. The monoisotopic (exact) mass is 324 g/mol. The molecule has 0 saturated carbocycles. The molecule has 0 spiro atoms. The zero-order valence-electron chi connectivity index (χ0n) is 11.4. The van der Waals surface area contributed by atoms with Gasteiger partial charge in [0.25, 0.3) is 5.91 Å². The van der Waals surface area contributed by atoms with Gasteiger partial charge in [0.1, 0.15) is 16.4 Å². The van der Waals surface area contributed by atoms with Crippen molar-refractivity contribution in [2.45, 2.75) is 13.8 Å². The highest BCUT2D eigenvalue weighted by Gasteiger charge is 2.19. The fourth-order valence-electron chi connectivity index (χ4n) is 1.43. The minimum atomic E-state index is -0.485. The van der Waals surface area contributed by atoms with E-state index in [1.807, 2.05) is 0 Å². The molecule has 9 heteroatoms. The number of carbonyl (C=O) groups excluding carboxylic acids is 2. The summed E-state index contributed by atoms with van der Waals surface area (Å²) >= 11 is 2.07. The summed E-state index contributed by atoms with van der Waals surface area (Å²) in [6.07, 6.45) is 1.48. The number of amides is 1. The zero-order chi connectivity index (χ0) is 15.4. The van der Waals surface area contributed by atoms with E-state index in [0.29, 0.717) is 26.3 Å². The number of nitrogens with zero attached hydrogens (tertiary/aromatic N) is 3. The zero-order valence-corrected chi connectivity index (χ0v) is 13.0. The Kier molecular flexibility index (Phi) is 4.76. The molecule has 1 N–H and O–H groups in total. The first kappa shape index (κ1) is 15.3. The molecule has 2 heterocycles. The van der Waals surface area contributed by atoms with Crippen molar-refractivity contribution in [2.24, 2.45) is 0 Å². The Balaban J connectivity index is 2.12. The SMILES string of the molecule is C=CCOC(=O)c1sc(NC(=O)c2snnc2C)nc1C. The standard InChI is InChI=1S/C12H12N4O3S2/c1-4-5-19-11(18)9-6(2)13-12(20-9)14-10(17)8-7(3)15-16-21-8/h4H,1,5H2,2-3H3,(H,13,14,17). The molecule has 2 rings (SSSR count). The van der Waals surface area contributed by atoms with Gasteiger partial charge in [-0.05, 0) is 25.4 Å². The van der Waals surface area contributed by atoms with Gasteiger partial charge in [0.2, 0.25) is 0 Å². The van der Waals surface area contributed by atoms with E-state index in [4.69, 9.17) is 4.74 Å². The van der Waals surface area contributed by atoms with Crippen LogP contribution in [0.4, 0.5) is 5.13 Å². The molecule has 0 atom stereocenters. The van der Waals surface area contributed by atoms with Crippen molar-refractivity contribution >= 4 is 39.9 Å². The van der Waals surface area contributed by atoms with Crippen molar-refractivity contribution in [3.63, 3.8) is 0 Å². The van der Waals surface area contributed by atoms with Crippen LogP contribution in [-0.4, -0.2) is 33.1 Å². The van der Waals surface area contributed by atoms with Gasteiger partial charge >= 0.3 is 5.97 Å². The van der Waals surface area contributed by atoms with E-state index in [1.165, 1.54) is 6.08 Å². The van der Waals surface area contributed by atoms with E-state index in [0.717, 1.165) is 22.9 Å². The van der Waals surface area contributed by atoms with Crippen molar-refractivity contribution < 1.29 is 14.3 Å².